The second-order valence-corrected chi connectivity index (χ2v) is 3.21. The molecule has 0 radical (unpaired) electrons. The van der Waals surface area contributed by atoms with Gasteiger partial charge < -0.3 is 17.4 Å². The maximum absolute atomic E-state index is 12.6. The molecule has 0 saturated carbocycles. The summed E-state index contributed by atoms with van der Waals surface area (Å²) in [6, 6.07) is 0. The molecular weight excluding hydrogens is 227 g/mol. The monoisotopic (exact) mass is 235 g/mol. The maximum atomic E-state index is 12.6. The van der Waals surface area contributed by atoms with Crippen molar-refractivity contribution in [1.82, 2.24) is 0 Å². The van der Waals surface area contributed by atoms with Gasteiger partial charge in [-0.25, -0.2) is 4.39 Å². The largest absolute Gasteiger partial charge is 0.742 e. The summed E-state index contributed by atoms with van der Waals surface area (Å²) >= 11 is 3.74. The number of halogens is 5. The van der Waals surface area contributed by atoms with Gasteiger partial charge in [-0.3, -0.25) is 0 Å². The van der Waals surface area contributed by atoms with Gasteiger partial charge in [0.05, 0.1) is 6.42 Å². The van der Waals surface area contributed by atoms with Crippen molar-refractivity contribution in [3.63, 3.8) is 0 Å². The zero-order valence-corrected chi connectivity index (χ0v) is 8.01. The molecule has 1 unspecified atom stereocenters. The second kappa shape index (κ2) is 4.37. The van der Waals surface area contributed by atoms with Crippen LogP contribution in [0.2, 0.25) is 0 Å². The molecule has 1 nitrogen and oxygen atoms in total. The average Bonchev–Trinajstić information content (AvgIpc) is 2.00. The Morgan fingerprint density at radius 3 is 2.07 bits per heavy atom. The SMILES string of the molecule is CCC(F)C(F)(F)C(F)(F)CC(=O)[S-]. The smallest absolute Gasteiger partial charge is 0.340 e. The van der Waals surface area contributed by atoms with Crippen molar-refractivity contribution >= 4 is 17.7 Å². The van der Waals surface area contributed by atoms with Crippen molar-refractivity contribution in [1.29, 1.82) is 0 Å². The molecule has 84 valence electrons. The summed E-state index contributed by atoms with van der Waals surface area (Å²) < 4.78 is 63.0. The molecule has 0 aromatic heterocycles. The first-order valence-corrected chi connectivity index (χ1v) is 4.15. The topological polar surface area (TPSA) is 17.1 Å². The van der Waals surface area contributed by atoms with Crippen LogP contribution in [0, 0.1) is 0 Å². The van der Waals surface area contributed by atoms with E-state index in [1.54, 1.807) is 0 Å². The van der Waals surface area contributed by atoms with Gasteiger partial charge in [0.25, 0.3) is 0 Å². The third-order valence-electron chi connectivity index (χ3n) is 1.61. The Morgan fingerprint density at radius 1 is 1.36 bits per heavy atom. The molecule has 0 spiro atoms. The normalized spacial score (nSPS) is 15.3. The summed E-state index contributed by atoms with van der Waals surface area (Å²) in [7, 11) is 0. The summed E-state index contributed by atoms with van der Waals surface area (Å²) in [4.78, 5) is 10.1. The molecule has 0 aliphatic rings. The van der Waals surface area contributed by atoms with Gasteiger partial charge in [0.15, 0.2) is 6.17 Å². The van der Waals surface area contributed by atoms with Crippen LogP contribution in [0.15, 0.2) is 0 Å². The lowest BCUT2D eigenvalue weighted by Gasteiger charge is -2.29. The Hall–Kier alpha value is -0.460. The molecule has 0 saturated heterocycles. The Labute approximate surface area is 83.1 Å². The number of rotatable bonds is 5. The standard InChI is InChI=1S/C7H9F5OS/c1-2-4(8)7(11,12)6(9,10)3-5(13)14/h4H,2-3H2,1H3,(H,13,14)/p-1. The van der Waals surface area contributed by atoms with Crippen LogP contribution in [-0.2, 0) is 17.4 Å². The Kier molecular flexibility index (Phi) is 4.23. The highest BCUT2D eigenvalue weighted by molar-refractivity contribution is 7.77. The summed E-state index contributed by atoms with van der Waals surface area (Å²) in [5.41, 5.74) is 0. The van der Waals surface area contributed by atoms with E-state index in [1.165, 1.54) is 0 Å². The fraction of sp³-hybridized carbons (Fsp3) is 0.857. The van der Waals surface area contributed by atoms with Crippen LogP contribution < -0.4 is 0 Å². The van der Waals surface area contributed by atoms with Crippen molar-refractivity contribution in [2.75, 3.05) is 0 Å². The van der Waals surface area contributed by atoms with Crippen LogP contribution in [0.5, 0.6) is 0 Å². The predicted molar refractivity (Wildman–Crippen MR) is 42.1 cm³/mol. The number of alkyl halides is 5. The van der Waals surface area contributed by atoms with Crippen LogP contribution in [0.4, 0.5) is 22.0 Å². The molecule has 0 fully saturated rings. The summed E-state index contributed by atoms with van der Waals surface area (Å²) in [6.07, 6.45) is -5.56. The minimum absolute atomic E-state index is 0.756. The molecule has 0 N–H and O–H groups in total. The van der Waals surface area contributed by atoms with Gasteiger partial charge in [0, 0.05) is 5.12 Å². The first-order valence-electron chi connectivity index (χ1n) is 3.74. The summed E-state index contributed by atoms with van der Waals surface area (Å²) in [5, 5.41) is -1.52. The lowest BCUT2D eigenvalue weighted by atomic mass is 10.0. The van der Waals surface area contributed by atoms with Gasteiger partial charge >= 0.3 is 11.8 Å². The minimum Gasteiger partial charge on any atom is -0.742 e. The molecule has 0 heterocycles. The van der Waals surface area contributed by atoms with Crippen molar-refractivity contribution in [3.8, 4) is 0 Å². The lowest BCUT2D eigenvalue weighted by molar-refractivity contribution is -0.238. The van der Waals surface area contributed by atoms with E-state index in [0.29, 0.717) is 0 Å². The van der Waals surface area contributed by atoms with Crippen molar-refractivity contribution in [3.05, 3.63) is 0 Å². The van der Waals surface area contributed by atoms with E-state index in [0.717, 1.165) is 6.92 Å². The van der Waals surface area contributed by atoms with Gasteiger partial charge in [-0.15, -0.1) is 0 Å². The van der Waals surface area contributed by atoms with E-state index in [4.69, 9.17) is 0 Å². The third-order valence-corrected chi connectivity index (χ3v) is 1.75. The molecular formula is C7H8F5OS-. The zero-order valence-electron chi connectivity index (χ0n) is 7.20. The molecule has 14 heavy (non-hydrogen) atoms. The number of hydrogen-bond acceptors (Lipinski definition) is 2. The van der Waals surface area contributed by atoms with E-state index >= 15 is 0 Å². The first-order chi connectivity index (χ1) is 6.15. The average molecular weight is 235 g/mol. The van der Waals surface area contributed by atoms with Crippen molar-refractivity contribution < 1.29 is 26.7 Å². The second-order valence-electron chi connectivity index (χ2n) is 2.75. The van der Waals surface area contributed by atoms with Crippen LogP contribution >= 0.6 is 0 Å². The van der Waals surface area contributed by atoms with Gasteiger partial charge in [-0.05, 0) is 6.42 Å². The van der Waals surface area contributed by atoms with Crippen LogP contribution in [0.3, 0.4) is 0 Å². The highest BCUT2D eigenvalue weighted by Gasteiger charge is 2.60. The molecule has 0 bridgehead atoms. The van der Waals surface area contributed by atoms with Crippen molar-refractivity contribution in [2.24, 2.45) is 0 Å². The van der Waals surface area contributed by atoms with Crippen LogP contribution in [-0.4, -0.2) is 23.1 Å². The fourth-order valence-electron chi connectivity index (χ4n) is 0.785. The highest BCUT2D eigenvalue weighted by Crippen LogP contribution is 2.41. The minimum atomic E-state index is -4.85. The van der Waals surface area contributed by atoms with E-state index in [1.807, 2.05) is 0 Å². The van der Waals surface area contributed by atoms with E-state index < -0.39 is 36.0 Å². The van der Waals surface area contributed by atoms with Crippen LogP contribution in [0.25, 0.3) is 0 Å². The molecule has 0 aromatic rings. The molecule has 7 heteroatoms. The number of carbonyl (C=O) groups excluding carboxylic acids is 1. The summed E-state index contributed by atoms with van der Waals surface area (Å²) in [5.74, 6) is -9.57. The predicted octanol–water partition coefficient (Wildman–Crippen LogP) is 2.47. The molecule has 0 aliphatic heterocycles. The quantitative estimate of drug-likeness (QED) is 0.538. The number of carbonyl (C=O) groups is 1. The lowest BCUT2D eigenvalue weighted by Crippen LogP contribution is -2.48. The maximum Gasteiger partial charge on any atom is 0.340 e. The van der Waals surface area contributed by atoms with Crippen molar-refractivity contribution in [2.45, 2.75) is 37.8 Å². The van der Waals surface area contributed by atoms with E-state index in [-0.39, 0.29) is 0 Å². The molecule has 0 rings (SSSR count). The van der Waals surface area contributed by atoms with E-state index in [9.17, 15) is 26.7 Å². The van der Waals surface area contributed by atoms with Gasteiger partial charge in [0.2, 0.25) is 0 Å². The Bertz CT molecular complexity index is 218. The first kappa shape index (κ1) is 13.5. The zero-order chi connectivity index (χ0) is 11.6. The van der Waals surface area contributed by atoms with Gasteiger partial charge in [-0.2, -0.15) is 17.6 Å². The molecule has 0 aliphatic carbocycles. The molecule has 1 atom stereocenters. The Morgan fingerprint density at radius 2 is 1.79 bits per heavy atom. The fourth-order valence-corrected chi connectivity index (χ4v) is 0.966. The highest BCUT2D eigenvalue weighted by atomic mass is 32.1. The van der Waals surface area contributed by atoms with Gasteiger partial charge in [0.1, 0.15) is 0 Å². The molecule has 0 aromatic carbocycles. The number of hydrogen-bond donors (Lipinski definition) is 0. The summed E-state index contributed by atoms with van der Waals surface area (Å²) in [6.45, 7) is 1.00. The van der Waals surface area contributed by atoms with Crippen LogP contribution in [0.1, 0.15) is 19.8 Å². The third kappa shape index (κ3) is 2.76. The molecule has 0 amide bonds. The Balaban J connectivity index is 4.76. The van der Waals surface area contributed by atoms with E-state index in [2.05, 4.69) is 12.6 Å². The van der Waals surface area contributed by atoms with Gasteiger partial charge in [-0.1, -0.05) is 6.92 Å².